The third-order valence-corrected chi connectivity index (χ3v) is 7.03. The molecule has 6 aromatic rings. The van der Waals surface area contributed by atoms with Crippen molar-refractivity contribution in [1.29, 1.82) is 0 Å². The Morgan fingerprint density at radius 2 is 1.81 bits per heavy atom. The van der Waals surface area contributed by atoms with E-state index in [9.17, 15) is 9.18 Å². The van der Waals surface area contributed by atoms with Crippen molar-refractivity contribution in [2.75, 3.05) is 32.6 Å². The molecular formula is C32H31FN8O2. The van der Waals surface area contributed by atoms with Crippen LogP contribution in [0.25, 0.3) is 55.6 Å². The van der Waals surface area contributed by atoms with Crippen LogP contribution in [0.5, 0.6) is 5.75 Å². The van der Waals surface area contributed by atoms with Crippen LogP contribution in [0.15, 0.2) is 67.4 Å². The topological polar surface area (TPSA) is 125 Å². The lowest BCUT2D eigenvalue weighted by atomic mass is 10.0. The Balaban J connectivity index is 1.35. The summed E-state index contributed by atoms with van der Waals surface area (Å²) in [4.78, 5) is 30.8. The van der Waals surface area contributed by atoms with Crippen molar-refractivity contribution in [2.24, 2.45) is 0 Å². The first kappa shape index (κ1) is 28.0. The number of nitrogens with zero attached hydrogens (tertiary/aromatic N) is 5. The zero-order valence-corrected chi connectivity index (χ0v) is 24.1. The van der Waals surface area contributed by atoms with Gasteiger partial charge in [-0.15, -0.1) is 0 Å². The van der Waals surface area contributed by atoms with Gasteiger partial charge in [-0.3, -0.25) is 24.8 Å². The molecule has 5 heterocycles. The van der Waals surface area contributed by atoms with Crippen LogP contribution < -0.4 is 10.1 Å². The third kappa shape index (κ3) is 6.07. The van der Waals surface area contributed by atoms with E-state index in [0.29, 0.717) is 41.4 Å². The standard InChI is InChI=1S/C32H31FN8O2/c1-4-5-31(42)37-22-9-20(14-34-15-22)27-13-25-30(18-36-27)39-40-32(25)28-12-24-26(16-35-17-29(24)38-28)19-8-21(33)11-23(10-19)43-7-6-41(2)3/h8-18,38H,4-7H2,1-3H3,(H,37,42)(H,39,40). The summed E-state index contributed by atoms with van der Waals surface area (Å²) in [5, 5.41) is 12.3. The van der Waals surface area contributed by atoms with E-state index in [1.165, 1.54) is 12.1 Å². The molecule has 1 amide bonds. The van der Waals surface area contributed by atoms with Crippen LogP contribution in [0.1, 0.15) is 19.8 Å². The molecule has 0 radical (unpaired) electrons. The van der Waals surface area contributed by atoms with Gasteiger partial charge in [0.25, 0.3) is 0 Å². The third-order valence-electron chi connectivity index (χ3n) is 7.03. The minimum absolute atomic E-state index is 0.0547. The number of fused-ring (bicyclic) bond motifs is 2. The Bertz CT molecular complexity index is 1930. The van der Waals surface area contributed by atoms with Gasteiger partial charge in [0.05, 0.1) is 46.7 Å². The molecule has 0 unspecified atom stereocenters. The van der Waals surface area contributed by atoms with Crippen LogP contribution >= 0.6 is 0 Å². The van der Waals surface area contributed by atoms with Gasteiger partial charge in [0.2, 0.25) is 5.91 Å². The molecule has 6 rings (SSSR count). The predicted molar refractivity (Wildman–Crippen MR) is 165 cm³/mol. The van der Waals surface area contributed by atoms with Crippen molar-refractivity contribution < 1.29 is 13.9 Å². The van der Waals surface area contributed by atoms with Gasteiger partial charge in [-0.2, -0.15) is 5.10 Å². The number of aromatic amines is 2. The van der Waals surface area contributed by atoms with E-state index in [2.05, 4.69) is 35.5 Å². The number of rotatable bonds is 10. The average Bonchev–Trinajstić information content (AvgIpc) is 3.60. The molecule has 1 aromatic carbocycles. The number of anilines is 1. The molecule has 0 saturated heterocycles. The number of hydrogen-bond donors (Lipinski definition) is 3. The van der Waals surface area contributed by atoms with E-state index in [1.807, 2.05) is 50.2 Å². The fraction of sp³-hybridized carbons (Fsp3) is 0.219. The minimum Gasteiger partial charge on any atom is -0.492 e. The van der Waals surface area contributed by atoms with Crippen molar-refractivity contribution in [3.63, 3.8) is 0 Å². The highest BCUT2D eigenvalue weighted by Gasteiger charge is 2.16. The number of nitrogens with one attached hydrogen (secondary N) is 3. The lowest BCUT2D eigenvalue weighted by molar-refractivity contribution is -0.116. The maximum Gasteiger partial charge on any atom is 0.224 e. The van der Waals surface area contributed by atoms with Gasteiger partial charge < -0.3 is 19.9 Å². The van der Waals surface area contributed by atoms with E-state index >= 15 is 0 Å². The predicted octanol–water partition coefficient (Wildman–Crippen LogP) is 6.05. The monoisotopic (exact) mass is 578 g/mol. The number of benzene rings is 1. The number of hydrogen-bond acceptors (Lipinski definition) is 7. The number of carbonyl (C=O) groups excluding carboxylic acids is 1. The maximum absolute atomic E-state index is 14.6. The summed E-state index contributed by atoms with van der Waals surface area (Å²) in [6.45, 7) is 3.13. The number of likely N-dealkylation sites (N-methyl/N-ethyl adjacent to an activating group) is 1. The van der Waals surface area contributed by atoms with Gasteiger partial charge in [-0.05, 0) is 56.4 Å². The lowest BCUT2D eigenvalue weighted by Gasteiger charge is -2.12. The van der Waals surface area contributed by atoms with Crippen LogP contribution in [-0.4, -0.2) is 68.2 Å². The summed E-state index contributed by atoms with van der Waals surface area (Å²) in [6, 6.07) is 10.5. The van der Waals surface area contributed by atoms with E-state index in [-0.39, 0.29) is 11.7 Å². The molecule has 11 heteroatoms. The highest BCUT2D eigenvalue weighted by molar-refractivity contribution is 6.01. The molecule has 0 fully saturated rings. The zero-order chi connectivity index (χ0) is 29.9. The second-order valence-electron chi connectivity index (χ2n) is 10.6. The molecule has 10 nitrogen and oxygen atoms in total. The number of amides is 1. The summed E-state index contributed by atoms with van der Waals surface area (Å²) in [7, 11) is 3.92. The van der Waals surface area contributed by atoms with Crippen LogP contribution in [0.2, 0.25) is 0 Å². The zero-order valence-electron chi connectivity index (χ0n) is 24.1. The van der Waals surface area contributed by atoms with Gasteiger partial charge >= 0.3 is 0 Å². The normalized spacial score (nSPS) is 11.5. The van der Waals surface area contributed by atoms with Crippen molar-refractivity contribution in [1.82, 2.24) is 35.0 Å². The number of aromatic nitrogens is 6. The van der Waals surface area contributed by atoms with Crippen molar-refractivity contribution in [2.45, 2.75) is 19.8 Å². The van der Waals surface area contributed by atoms with Gasteiger partial charge in [-0.25, -0.2) is 4.39 Å². The summed E-state index contributed by atoms with van der Waals surface area (Å²) in [6.07, 6.45) is 9.72. The largest absolute Gasteiger partial charge is 0.492 e. The Hall–Kier alpha value is -5.16. The van der Waals surface area contributed by atoms with Crippen molar-refractivity contribution in [3.8, 4) is 39.5 Å². The summed E-state index contributed by atoms with van der Waals surface area (Å²) in [5.41, 5.74) is 6.53. The van der Waals surface area contributed by atoms with Gasteiger partial charge in [0.15, 0.2) is 0 Å². The lowest BCUT2D eigenvalue weighted by Crippen LogP contribution is -2.19. The Kier molecular flexibility index (Phi) is 7.80. The fourth-order valence-corrected chi connectivity index (χ4v) is 4.94. The number of H-pyrrole nitrogens is 2. The number of ether oxygens (including phenoxy) is 1. The summed E-state index contributed by atoms with van der Waals surface area (Å²) in [5.74, 6) is 0.0272. The van der Waals surface area contributed by atoms with Crippen LogP contribution in [0.4, 0.5) is 10.1 Å². The molecular weight excluding hydrogens is 547 g/mol. The van der Waals surface area contributed by atoms with E-state index in [1.54, 1.807) is 31.0 Å². The first-order valence-electron chi connectivity index (χ1n) is 14.0. The number of carbonyl (C=O) groups is 1. The van der Waals surface area contributed by atoms with Crippen LogP contribution in [0, 0.1) is 5.82 Å². The molecule has 3 N–H and O–H groups in total. The molecule has 0 aliphatic rings. The van der Waals surface area contributed by atoms with Crippen LogP contribution in [-0.2, 0) is 4.79 Å². The Morgan fingerprint density at radius 3 is 2.65 bits per heavy atom. The second-order valence-corrected chi connectivity index (χ2v) is 10.6. The molecule has 0 spiro atoms. The fourth-order valence-electron chi connectivity index (χ4n) is 4.94. The molecule has 0 bridgehead atoms. The average molecular weight is 579 g/mol. The summed E-state index contributed by atoms with van der Waals surface area (Å²) >= 11 is 0. The van der Waals surface area contributed by atoms with Gasteiger partial charge in [0.1, 0.15) is 23.9 Å². The smallest absolute Gasteiger partial charge is 0.224 e. The molecule has 0 aliphatic heterocycles. The molecule has 218 valence electrons. The minimum atomic E-state index is -0.382. The first-order chi connectivity index (χ1) is 20.9. The Morgan fingerprint density at radius 1 is 0.953 bits per heavy atom. The molecule has 43 heavy (non-hydrogen) atoms. The number of pyridine rings is 3. The van der Waals surface area contributed by atoms with Gasteiger partial charge in [0, 0.05) is 53.3 Å². The Labute approximate surface area is 247 Å². The summed E-state index contributed by atoms with van der Waals surface area (Å²) < 4.78 is 20.5. The number of halogens is 1. The molecule has 0 aliphatic carbocycles. The van der Waals surface area contributed by atoms with E-state index in [0.717, 1.165) is 51.6 Å². The maximum atomic E-state index is 14.6. The van der Waals surface area contributed by atoms with Crippen molar-refractivity contribution >= 4 is 33.4 Å². The van der Waals surface area contributed by atoms with Crippen molar-refractivity contribution in [3.05, 3.63) is 73.2 Å². The highest BCUT2D eigenvalue weighted by Crippen LogP contribution is 2.35. The van der Waals surface area contributed by atoms with E-state index < -0.39 is 0 Å². The van der Waals surface area contributed by atoms with E-state index in [4.69, 9.17) is 4.74 Å². The molecule has 0 saturated carbocycles. The van der Waals surface area contributed by atoms with Gasteiger partial charge in [-0.1, -0.05) is 6.92 Å². The highest BCUT2D eigenvalue weighted by atomic mass is 19.1. The van der Waals surface area contributed by atoms with Crippen LogP contribution in [0.3, 0.4) is 0 Å². The molecule has 0 atom stereocenters. The second kappa shape index (κ2) is 12.0. The SMILES string of the molecule is CCCC(=O)Nc1cncc(-c2cc3c(-c4cc5c(-c6cc(F)cc(OCCN(C)C)c6)cncc5[nH]4)n[nH]c3cn2)c1. The quantitative estimate of drug-likeness (QED) is 0.181. The first-order valence-corrected chi connectivity index (χ1v) is 14.0. The molecule has 5 aromatic heterocycles.